The van der Waals surface area contributed by atoms with Crippen LogP contribution in [0.4, 0.5) is 0 Å². The zero-order chi connectivity index (χ0) is 12.7. The average Bonchev–Trinajstić information content (AvgIpc) is 2.36. The van der Waals surface area contributed by atoms with Gasteiger partial charge in [0.1, 0.15) is 0 Å². The summed E-state index contributed by atoms with van der Waals surface area (Å²) >= 11 is 0. The van der Waals surface area contributed by atoms with E-state index in [1.54, 1.807) is 14.2 Å². The minimum atomic E-state index is -0.175. The monoisotopic (exact) mass is 234 g/mol. The molecule has 1 N–H and O–H groups in total. The standard InChI is InChI=1S/C13H18N2O2/c1-10-4-5-12(13(8-10)16-3)17-7-6-11(9-14)15-2/h4-5,8,11,15H,6-7H2,1-3H3. The van der Waals surface area contributed by atoms with E-state index in [4.69, 9.17) is 14.7 Å². The van der Waals surface area contributed by atoms with Crippen molar-refractivity contribution >= 4 is 0 Å². The van der Waals surface area contributed by atoms with Crippen LogP contribution in [0.3, 0.4) is 0 Å². The third-order valence-electron chi connectivity index (χ3n) is 2.49. The molecule has 92 valence electrons. The predicted octanol–water partition coefficient (Wildman–Crippen LogP) is 1.88. The molecule has 4 heteroatoms. The molecule has 0 radical (unpaired) electrons. The van der Waals surface area contributed by atoms with Gasteiger partial charge in [0.2, 0.25) is 0 Å². The quantitative estimate of drug-likeness (QED) is 0.816. The van der Waals surface area contributed by atoms with Crippen molar-refractivity contribution in [2.24, 2.45) is 0 Å². The van der Waals surface area contributed by atoms with Crippen molar-refractivity contribution in [1.29, 1.82) is 5.26 Å². The number of aryl methyl sites for hydroxylation is 1. The fourth-order valence-electron chi connectivity index (χ4n) is 1.45. The van der Waals surface area contributed by atoms with Crippen LogP contribution in [-0.2, 0) is 0 Å². The van der Waals surface area contributed by atoms with Crippen LogP contribution in [-0.4, -0.2) is 26.8 Å². The summed E-state index contributed by atoms with van der Waals surface area (Å²) in [4.78, 5) is 0. The highest BCUT2D eigenvalue weighted by Gasteiger charge is 2.07. The number of nitriles is 1. The van der Waals surface area contributed by atoms with E-state index in [0.717, 1.165) is 11.3 Å². The molecule has 0 aliphatic rings. The summed E-state index contributed by atoms with van der Waals surface area (Å²) < 4.78 is 10.8. The van der Waals surface area contributed by atoms with E-state index < -0.39 is 0 Å². The smallest absolute Gasteiger partial charge is 0.161 e. The number of ether oxygens (including phenoxy) is 2. The first kappa shape index (κ1) is 13.3. The lowest BCUT2D eigenvalue weighted by molar-refractivity contribution is 0.281. The van der Waals surface area contributed by atoms with Crippen LogP contribution >= 0.6 is 0 Å². The summed E-state index contributed by atoms with van der Waals surface area (Å²) in [5.41, 5.74) is 1.12. The Labute approximate surface area is 102 Å². The minimum Gasteiger partial charge on any atom is -0.493 e. The van der Waals surface area contributed by atoms with Crippen molar-refractivity contribution < 1.29 is 9.47 Å². The van der Waals surface area contributed by atoms with Crippen LogP contribution in [0.5, 0.6) is 11.5 Å². The van der Waals surface area contributed by atoms with Crippen LogP contribution in [0.2, 0.25) is 0 Å². The van der Waals surface area contributed by atoms with Gasteiger partial charge in [-0.25, -0.2) is 0 Å². The van der Waals surface area contributed by atoms with E-state index in [2.05, 4.69) is 11.4 Å². The van der Waals surface area contributed by atoms with Crippen LogP contribution < -0.4 is 14.8 Å². The summed E-state index contributed by atoms with van der Waals surface area (Å²) in [7, 11) is 3.38. The molecule has 0 saturated carbocycles. The molecule has 1 atom stereocenters. The summed E-state index contributed by atoms with van der Waals surface area (Å²) in [6.45, 7) is 2.48. The van der Waals surface area contributed by atoms with Crippen molar-refractivity contribution in [3.63, 3.8) is 0 Å². The Hall–Kier alpha value is -1.73. The molecule has 0 saturated heterocycles. The SMILES string of the molecule is CNC(C#N)CCOc1ccc(C)cc1OC. The third kappa shape index (κ3) is 3.97. The van der Waals surface area contributed by atoms with Crippen LogP contribution in [0.1, 0.15) is 12.0 Å². The molecule has 0 amide bonds. The van der Waals surface area contributed by atoms with Gasteiger partial charge in [-0.15, -0.1) is 0 Å². The zero-order valence-electron chi connectivity index (χ0n) is 10.5. The Morgan fingerprint density at radius 2 is 2.18 bits per heavy atom. The van der Waals surface area contributed by atoms with Crippen molar-refractivity contribution in [1.82, 2.24) is 5.32 Å². The summed E-state index contributed by atoms with van der Waals surface area (Å²) in [6, 6.07) is 7.76. The first-order chi connectivity index (χ1) is 8.21. The third-order valence-corrected chi connectivity index (χ3v) is 2.49. The zero-order valence-corrected chi connectivity index (χ0v) is 10.5. The van der Waals surface area contributed by atoms with E-state index in [-0.39, 0.29) is 6.04 Å². The molecule has 0 fully saturated rings. The largest absolute Gasteiger partial charge is 0.493 e. The highest BCUT2D eigenvalue weighted by atomic mass is 16.5. The molecule has 0 aromatic heterocycles. The van der Waals surface area contributed by atoms with E-state index in [1.165, 1.54) is 0 Å². The van der Waals surface area contributed by atoms with Crippen LogP contribution in [0.15, 0.2) is 18.2 Å². The molecule has 0 bridgehead atoms. The van der Waals surface area contributed by atoms with Gasteiger partial charge in [-0.1, -0.05) is 6.07 Å². The lowest BCUT2D eigenvalue weighted by Crippen LogP contribution is -2.25. The molecule has 1 unspecified atom stereocenters. The second-order valence-electron chi connectivity index (χ2n) is 3.76. The molecule has 1 aromatic rings. The van der Waals surface area contributed by atoms with E-state index in [9.17, 15) is 0 Å². The van der Waals surface area contributed by atoms with Gasteiger partial charge in [0.15, 0.2) is 11.5 Å². The summed E-state index contributed by atoms with van der Waals surface area (Å²) in [5.74, 6) is 1.44. The Balaban J connectivity index is 2.55. The molecule has 17 heavy (non-hydrogen) atoms. The molecular formula is C13H18N2O2. The fraction of sp³-hybridized carbons (Fsp3) is 0.462. The molecule has 0 aliphatic carbocycles. The van der Waals surface area contributed by atoms with Crippen LogP contribution in [0.25, 0.3) is 0 Å². The number of hydrogen-bond donors (Lipinski definition) is 1. The number of hydrogen-bond acceptors (Lipinski definition) is 4. The van der Waals surface area contributed by atoms with E-state index >= 15 is 0 Å². The molecule has 1 aromatic carbocycles. The lowest BCUT2D eigenvalue weighted by atomic mass is 10.2. The maximum atomic E-state index is 8.77. The molecule has 0 heterocycles. The van der Waals surface area contributed by atoms with Gasteiger partial charge < -0.3 is 14.8 Å². The maximum Gasteiger partial charge on any atom is 0.161 e. The Kier molecular flexibility index (Phi) is 5.31. The number of nitrogens with zero attached hydrogens (tertiary/aromatic N) is 1. The van der Waals surface area contributed by atoms with E-state index in [1.807, 2.05) is 25.1 Å². The maximum absolute atomic E-state index is 8.77. The Bertz CT molecular complexity index is 399. The summed E-state index contributed by atoms with van der Waals surface area (Å²) in [5, 5.41) is 11.7. The van der Waals surface area contributed by atoms with Crippen molar-refractivity contribution in [3.8, 4) is 17.6 Å². The van der Waals surface area contributed by atoms with E-state index in [0.29, 0.717) is 18.8 Å². The van der Waals surface area contributed by atoms with Crippen LogP contribution in [0, 0.1) is 18.3 Å². The minimum absolute atomic E-state index is 0.175. The topological polar surface area (TPSA) is 54.3 Å². The molecule has 0 aliphatic heterocycles. The normalized spacial score (nSPS) is 11.6. The van der Waals surface area contributed by atoms with Gasteiger partial charge in [-0.05, 0) is 31.7 Å². The number of benzene rings is 1. The molecule has 0 spiro atoms. The van der Waals surface area contributed by atoms with Gasteiger partial charge in [-0.3, -0.25) is 0 Å². The van der Waals surface area contributed by atoms with Crippen molar-refractivity contribution in [2.45, 2.75) is 19.4 Å². The second kappa shape index (κ2) is 6.77. The Morgan fingerprint density at radius 1 is 1.41 bits per heavy atom. The first-order valence-electron chi connectivity index (χ1n) is 5.55. The molecule has 4 nitrogen and oxygen atoms in total. The Morgan fingerprint density at radius 3 is 2.76 bits per heavy atom. The molecule has 1 rings (SSSR count). The first-order valence-corrected chi connectivity index (χ1v) is 5.55. The lowest BCUT2D eigenvalue weighted by Gasteiger charge is -2.12. The van der Waals surface area contributed by atoms with Crippen molar-refractivity contribution in [2.75, 3.05) is 20.8 Å². The number of methoxy groups -OCH3 is 1. The fourth-order valence-corrected chi connectivity index (χ4v) is 1.45. The summed E-state index contributed by atoms with van der Waals surface area (Å²) in [6.07, 6.45) is 0.643. The predicted molar refractivity (Wildman–Crippen MR) is 66.3 cm³/mol. The van der Waals surface area contributed by atoms with Gasteiger partial charge in [-0.2, -0.15) is 5.26 Å². The number of nitrogens with one attached hydrogen (secondary N) is 1. The van der Waals surface area contributed by atoms with Gasteiger partial charge >= 0.3 is 0 Å². The second-order valence-corrected chi connectivity index (χ2v) is 3.76. The highest BCUT2D eigenvalue weighted by molar-refractivity contribution is 5.42. The van der Waals surface area contributed by atoms with Gasteiger partial charge in [0.05, 0.1) is 25.8 Å². The molecular weight excluding hydrogens is 216 g/mol. The number of rotatable bonds is 6. The average molecular weight is 234 g/mol. The van der Waals surface area contributed by atoms with Crippen molar-refractivity contribution in [3.05, 3.63) is 23.8 Å². The highest BCUT2D eigenvalue weighted by Crippen LogP contribution is 2.27. The van der Waals surface area contributed by atoms with Gasteiger partial charge in [0.25, 0.3) is 0 Å². The van der Waals surface area contributed by atoms with Gasteiger partial charge in [0, 0.05) is 6.42 Å².